The minimum absolute atomic E-state index is 0.149. The molecule has 1 aliphatic heterocycles. The van der Waals surface area contributed by atoms with Crippen molar-refractivity contribution in [2.45, 2.75) is 44.1 Å². The van der Waals surface area contributed by atoms with Gasteiger partial charge >= 0.3 is 0 Å². The van der Waals surface area contributed by atoms with Gasteiger partial charge in [0.2, 0.25) is 0 Å². The Balaban J connectivity index is 1.70. The molecule has 0 spiro atoms. The monoisotopic (exact) mass is 212 g/mol. The van der Waals surface area contributed by atoms with Gasteiger partial charge in [0.05, 0.1) is 13.2 Å². The van der Waals surface area contributed by atoms with E-state index in [1.54, 1.807) is 0 Å². The van der Waals surface area contributed by atoms with Crippen molar-refractivity contribution in [2.75, 3.05) is 32.8 Å². The molecule has 1 heterocycles. The lowest BCUT2D eigenvalue weighted by molar-refractivity contribution is 0.0333. The second kappa shape index (κ2) is 5.28. The molecule has 0 aromatic carbocycles. The first-order valence-corrected chi connectivity index (χ1v) is 6.38. The van der Waals surface area contributed by atoms with Crippen LogP contribution in [0.2, 0.25) is 0 Å². The van der Waals surface area contributed by atoms with Gasteiger partial charge in [0.15, 0.2) is 0 Å². The highest BCUT2D eigenvalue weighted by atomic mass is 16.5. The van der Waals surface area contributed by atoms with Gasteiger partial charge in [0.25, 0.3) is 0 Å². The molecule has 1 saturated carbocycles. The van der Waals surface area contributed by atoms with Crippen molar-refractivity contribution < 1.29 is 4.74 Å². The molecule has 0 atom stereocenters. The normalized spacial score (nSPS) is 27.8. The van der Waals surface area contributed by atoms with Gasteiger partial charge in [-0.1, -0.05) is 19.3 Å². The largest absolute Gasteiger partial charge is 0.379 e. The van der Waals surface area contributed by atoms with E-state index in [0.29, 0.717) is 0 Å². The topological polar surface area (TPSA) is 38.5 Å². The fraction of sp³-hybridized carbons (Fsp3) is 1.00. The molecule has 2 N–H and O–H groups in total. The van der Waals surface area contributed by atoms with E-state index in [1.165, 1.54) is 45.1 Å². The van der Waals surface area contributed by atoms with Crippen molar-refractivity contribution in [2.24, 2.45) is 5.73 Å². The summed E-state index contributed by atoms with van der Waals surface area (Å²) in [5, 5.41) is 0. The fourth-order valence-electron chi connectivity index (χ4n) is 2.71. The van der Waals surface area contributed by atoms with Crippen LogP contribution in [0.25, 0.3) is 0 Å². The summed E-state index contributed by atoms with van der Waals surface area (Å²) >= 11 is 0. The van der Waals surface area contributed by atoms with Gasteiger partial charge in [-0.25, -0.2) is 0 Å². The van der Waals surface area contributed by atoms with Crippen LogP contribution >= 0.6 is 0 Å². The first-order valence-electron chi connectivity index (χ1n) is 6.38. The molecule has 2 aliphatic rings. The molecular weight excluding hydrogens is 188 g/mol. The van der Waals surface area contributed by atoms with Crippen LogP contribution < -0.4 is 5.73 Å². The molecule has 0 amide bonds. The predicted octanol–water partition coefficient (Wildman–Crippen LogP) is 1.37. The zero-order chi connectivity index (χ0) is 10.6. The molecule has 1 aliphatic carbocycles. The quantitative estimate of drug-likeness (QED) is 0.768. The van der Waals surface area contributed by atoms with Crippen LogP contribution in [0.4, 0.5) is 0 Å². The molecule has 0 bridgehead atoms. The van der Waals surface area contributed by atoms with Crippen molar-refractivity contribution in [1.82, 2.24) is 4.90 Å². The summed E-state index contributed by atoms with van der Waals surface area (Å²) in [5.41, 5.74) is 6.57. The summed E-state index contributed by atoms with van der Waals surface area (Å²) in [7, 11) is 0. The molecule has 3 nitrogen and oxygen atoms in total. The minimum atomic E-state index is 0.149. The Morgan fingerprint density at radius 1 is 1.07 bits per heavy atom. The Morgan fingerprint density at radius 3 is 2.40 bits per heavy atom. The van der Waals surface area contributed by atoms with Crippen molar-refractivity contribution in [3.63, 3.8) is 0 Å². The van der Waals surface area contributed by atoms with E-state index in [1.807, 2.05) is 0 Å². The van der Waals surface area contributed by atoms with Gasteiger partial charge in [-0.05, 0) is 19.3 Å². The first kappa shape index (κ1) is 11.4. The SMILES string of the molecule is NC1(CCN2CCOCC2)CCCCC1. The van der Waals surface area contributed by atoms with Gasteiger partial charge in [-0.2, -0.15) is 0 Å². The fourth-order valence-corrected chi connectivity index (χ4v) is 2.71. The van der Waals surface area contributed by atoms with E-state index in [9.17, 15) is 0 Å². The number of hydrogen-bond donors (Lipinski definition) is 1. The molecule has 2 rings (SSSR count). The molecule has 0 radical (unpaired) electrons. The highest BCUT2D eigenvalue weighted by Crippen LogP contribution is 2.28. The third-order valence-electron chi connectivity index (χ3n) is 3.88. The zero-order valence-electron chi connectivity index (χ0n) is 9.71. The predicted molar refractivity (Wildman–Crippen MR) is 61.9 cm³/mol. The number of nitrogens with two attached hydrogens (primary N) is 1. The van der Waals surface area contributed by atoms with Crippen LogP contribution in [0.3, 0.4) is 0 Å². The van der Waals surface area contributed by atoms with Crippen LogP contribution in [0, 0.1) is 0 Å². The number of rotatable bonds is 3. The lowest BCUT2D eigenvalue weighted by Crippen LogP contribution is -2.46. The summed E-state index contributed by atoms with van der Waals surface area (Å²) in [6, 6.07) is 0. The Bertz CT molecular complexity index is 184. The van der Waals surface area contributed by atoms with E-state index in [4.69, 9.17) is 10.5 Å². The Labute approximate surface area is 93.0 Å². The molecule has 15 heavy (non-hydrogen) atoms. The van der Waals surface area contributed by atoms with Gasteiger partial charge in [0, 0.05) is 25.2 Å². The van der Waals surface area contributed by atoms with Crippen LogP contribution in [0.1, 0.15) is 38.5 Å². The molecule has 0 aromatic heterocycles. The smallest absolute Gasteiger partial charge is 0.0594 e. The summed E-state index contributed by atoms with van der Waals surface area (Å²) in [6.07, 6.45) is 7.69. The maximum absolute atomic E-state index is 6.42. The molecular formula is C12H24N2O. The van der Waals surface area contributed by atoms with Crippen molar-refractivity contribution in [3.05, 3.63) is 0 Å². The van der Waals surface area contributed by atoms with Crippen molar-refractivity contribution >= 4 is 0 Å². The maximum atomic E-state index is 6.42. The minimum Gasteiger partial charge on any atom is -0.379 e. The van der Waals surface area contributed by atoms with Crippen LogP contribution in [0.15, 0.2) is 0 Å². The van der Waals surface area contributed by atoms with Crippen LogP contribution in [-0.2, 0) is 4.74 Å². The number of morpholine rings is 1. The summed E-state index contributed by atoms with van der Waals surface area (Å²) in [4.78, 5) is 2.49. The number of hydrogen-bond acceptors (Lipinski definition) is 3. The second-order valence-corrected chi connectivity index (χ2v) is 5.13. The Kier molecular flexibility index (Phi) is 4.00. The average Bonchev–Trinajstić information content (AvgIpc) is 2.29. The number of nitrogens with zero attached hydrogens (tertiary/aromatic N) is 1. The third-order valence-corrected chi connectivity index (χ3v) is 3.88. The average molecular weight is 212 g/mol. The van der Waals surface area contributed by atoms with Gasteiger partial charge < -0.3 is 10.5 Å². The van der Waals surface area contributed by atoms with E-state index in [0.717, 1.165) is 26.3 Å². The Morgan fingerprint density at radius 2 is 1.73 bits per heavy atom. The molecule has 0 aromatic rings. The molecule has 2 fully saturated rings. The molecule has 3 heteroatoms. The second-order valence-electron chi connectivity index (χ2n) is 5.13. The van der Waals surface area contributed by atoms with Gasteiger partial charge in [0.1, 0.15) is 0 Å². The van der Waals surface area contributed by atoms with E-state index in [2.05, 4.69) is 4.90 Å². The number of ether oxygens (including phenoxy) is 1. The molecule has 88 valence electrons. The van der Waals surface area contributed by atoms with Crippen LogP contribution in [-0.4, -0.2) is 43.3 Å². The van der Waals surface area contributed by atoms with Gasteiger partial charge in [-0.3, -0.25) is 4.90 Å². The third kappa shape index (κ3) is 3.44. The molecule has 0 unspecified atom stereocenters. The summed E-state index contributed by atoms with van der Waals surface area (Å²) in [6.45, 7) is 5.15. The van der Waals surface area contributed by atoms with E-state index >= 15 is 0 Å². The highest BCUT2D eigenvalue weighted by Gasteiger charge is 2.27. The van der Waals surface area contributed by atoms with Crippen molar-refractivity contribution in [3.8, 4) is 0 Å². The highest BCUT2D eigenvalue weighted by molar-refractivity contribution is 4.88. The lowest BCUT2D eigenvalue weighted by Gasteiger charge is -2.36. The summed E-state index contributed by atoms with van der Waals surface area (Å²) in [5.74, 6) is 0. The van der Waals surface area contributed by atoms with Gasteiger partial charge in [-0.15, -0.1) is 0 Å². The molecule has 1 saturated heterocycles. The first-order chi connectivity index (χ1) is 7.29. The maximum Gasteiger partial charge on any atom is 0.0594 e. The van der Waals surface area contributed by atoms with Crippen molar-refractivity contribution in [1.29, 1.82) is 0 Å². The van der Waals surface area contributed by atoms with E-state index in [-0.39, 0.29) is 5.54 Å². The lowest BCUT2D eigenvalue weighted by atomic mass is 9.80. The summed E-state index contributed by atoms with van der Waals surface area (Å²) < 4.78 is 5.34. The Hall–Kier alpha value is -0.120. The van der Waals surface area contributed by atoms with E-state index < -0.39 is 0 Å². The zero-order valence-corrected chi connectivity index (χ0v) is 9.71. The standard InChI is InChI=1S/C12H24N2O/c13-12(4-2-1-3-5-12)6-7-14-8-10-15-11-9-14/h1-11,13H2. The van der Waals surface area contributed by atoms with Crippen LogP contribution in [0.5, 0.6) is 0 Å².